The first-order valence-corrected chi connectivity index (χ1v) is 9.48. The smallest absolute Gasteiger partial charge is 0.340 e. The number of aromatic nitrogens is 1. The molecule has 25 heavy (non-hydrogen) atoms. The van der Waals surface area contributed by atoms with Gasteiger partial charge in [0.15, 0.2) is 0 Å². The Kier molecular flexibility index (Phi) is 3.74. The molecule has 4 bridgehead atoms. The first-order valence-electron chi connectivity index (χ1n) is 9.48. The number of hydrogen-bond donors (Lipinski definition) is 2. The summed E-state index contributed by atoms with van der Waals surface area (Å²) in [6.45, 7) is 5.56. The summed E-state index contributed by atoms with van der Waals surface area (Å²) in [4.78, 5) is 16.7. The monoisotopic (exact) mass is 343 g/mol. The van der Waals surface area contributed by atoms with E-state index in [1.807, 2.05) is 20.8 Å². The highest BCUT2D eigenvalue weighted by molar-refractivity contribution is 5.91. The quantitative estimate of drug-likeness (QED) is 0.811. The van der Waals surface area contributed by atoms with E-state index in [1.54, 1.807) is 12.3 Å². The van der Waals surface area contributed by atoms with Gasteiger partial charge in [0.2, 0.25) is 0 Å². The van der Waals surface area contributed by atoms with Gasteiger partial charge in [-0.25, -0.2) is 9.78 Å². The highest BCUT2D eigenvalue weighted by atomic mass is 16.6. The third-order valence-corrected chi connectivity index (χ3v) is 5.97. The molecule has 5 nitrogen and oxygen atoms in total. The highest BCUT2D eigenvalue weighted by Crippen LogP contribution is 2.56. The summed E-state index contributed by atoms with van der Waals surface area (Å²) in [5, 5.41) is 3.68. The third-order valence-electron chi connectivity index (χ3n) is 5.97. The van der Waals surface area contributed by atoms with Crippen molar-refractivity contribution in [3.8, 4) is 0 Å². The fourth-order valence-electron chi connectivity index (χ4n) is 5.55. The van der Waals surface area contributed by atoms with E-state index in [-0.39, 0.29) is 11.5 Å². The molecule has 1 aromatic rings. The van der Waals surface area contributed by atoms with Crippen molar-refractivity contribution in [2.45, 2.75) is 70.4 Å². The van der Waals surface area contributed by atoms with Gasteiger partial charge in [0, 0.05) is 11.7 Å². The first kappa shape index (κ1) is 16.7. The van der Waals surface area contributed by atoms with Gasteiger partial charge in [0.1, 0.15) is 11.4 Å². The summed E-state index contributed by atoms with van der Waals surface area (Å²) in [7, 11) is 0. The molecule has 0 amide bonds. The lowest BCUT2D eigenvalue weighted by Crippen LogP contribution is -2.55. The zero-order valence-corrected chi connectivity index (χ0v) is 15.5. The number of nitrogen functional groups attached to an aromatic ring is 1. The molecule has 5 rings (SSSR count). The van der Waals surface area contributed by atoms with Crippen LogP contribution in [0.5, 0.6) is 0 Å². The molecule has 0 saturated heterocycles. The number of nitrogens with zero attached hydrogens (tertiary/aromatic N) is 1. The van der Waals surface area contributed by atoms with Crippen LogP contribution in [-0.4, -0.2) is 22.1 Å². The predicted octanol–water partition coefficient (Wildman–Crippen LogP) is 4.00. The van der Waals surface area contributed by atoms with E-state index in [2.05, 4.69) is 10.3 Å². The standard InChI is InChI=1S/C20H29N3O2/c1-19(2,3)25-18(24)15-7-16(21)17(22-11-15)23-20-8-12-4-13(9-20)6-14(5-12)10-20/h7,11-14H,4-6,8-10,21H2,1-3H3,(H,22,23). The minimum atomic E-state index is -0.526. The first-order chi connectivity index (χ1) is 11.7. The maximum absolute atomic E-state index is 12.2. The van der Waals surface area contributed by atoms with E-state index in [0.717, 1.165) is 17.8 Å². The lowest BCUT2D eigenvalue weighted by molar-refractivity contribution is 0.00691. The number of rotatable bonds is 3. The summed E-state index contributed by atoms with van der Waals surface area (Å²) in [6.07, 6.45) is 9.48. The molecule has 0 unspecified atom stereocenters. The number of esters is 1. The second-order valence-corrected chi connectivity index (χ2v) is 9.49. The van der Waals surface area contributed by atoms with Crippen LogP contribution in [-0.2, 0) is 4.74 Å². The van der Waals surface area contributed by atoms with E-state index in [4.69, 9.17) is 10.5 Å². The number of nitrogens with two attached hydrogens (primary N) is 1. The predicted molar refractivity (Wildman–Crippen MR) is 98.3 cm³/mol. The number of ether oxygens (including phenoxy) is 1. The Hall–Kier alpha value is -1.78. The van der Waals surface area contributed by atoms with Crippen molar-refractivity contribution in [2.75, 3.05) is 11.1 Å². The molecule has 0 aromatic carbocycles. The SMILES string of the molecule is CC(C)(C)OC(=O)c1cnc(NC23CC4CC(CC(C4)C2)C3)c(N)c1. The molecular formula is C20H29N3O2. The zero-order valence-electron chi connectivity index (χ0n) is 15.5. The average molecular weight is 343 g/mol. The van der Waals surface area contributed by atoms with Crippen molar-refractivity contribution < 1.29 is 9.53 Å². The van der Waals surface area contributed by atoms with Crippen LogP contribution >= 0.6 is 0 Å². The summed E-state index contributed by atoms with van der Waals surface area (Å²) in [5.41, 5.74) is 6.78. The van der Waals surface area contributed by atoms with Crippen LogP contribution in [0.15, 0.2) is 12.3 Å². The topological polar surface area (TPSA) is 77.2 Å². The molecule has 0 aliphatic heterocycles. The van der Waals surface area contributed by atoms with Crippen molar-refractivity contribution >= 4 is 17.5 Å². The van der Waals surface area contributed by atoms with Crippen LogP contribution in [0.25, 0.3) is 0 Å². The Labute approximate surface area is 149 Å². The van der Waals surface area contributed by atoms with Gasteiger partial charge >= 0.3 is 5.97 Å². The second kappa shape index (κ2) is 5.61. The number of hydrogen-bond acceptors (Lipinski definition) is 5. The Bertz CT molecular complexity index is 657. The molecule has 4 fully saturated rings. The van der Waals surface area contributed by atoms with Gasteiger partial charge in [-0.1, -0.05) is 0 Å². The van der Waals surface area contributed by atoms with Crippen LogP contribution in [0.3, 0.4) is 0 Å². The highest BCUT2D eigenvalue weighted by Gasteiger charge is 2.51. The van der Waals surface area contributed by atoms with E-state index >= 15 is 0 Å². The van der Waals surface area contributed by atoms with E-state index in [9.17, 15) is 4.79 Å². The Morgan fingerprint density at radius 3 is 2.24 bits per heavy atom. The van der Waals surface area contributed by atoms with E-state index in [0.29, 0.717) is 17.1 Å². The Morgan fingerprint density at radius 2 is 1.76 bits per heavy atom. The molecule has 0 radical (unpaired) electrons. The molecule has 3 N–H and O–H groups in total. The third kappa shape index (κ3) is 3.33. The number of nitrogens with one attached hydrogen (secondary N) is 1. The minimum absolute atomic E-state index is 0.156. The summed E-state index contributed by atoms with van der Waals surface area (Å²) < 4.78 is 5.40. The maximum Gasteiger partial charge on any atom is 0.340 e. The zero-order chi connectivity index (χ0) is 17.8. The second-order valence-electron chi connectivity index (χ2n) is 9.49. The molecule has 5 heteroatoms. The van der Waals surface area contributed by atoms with Crippen LogP contribution in [0, 0.1) is 17.8 Å². The fourth-order valence-corrected chi connectivity index (χ4v) is 5.55. The van der Waals surface area contributed by atoms with Crippen LogP contribution < -0.4 is 11.1 Å². The molecule has 0 spiro atoms. The van der Waals surface area contributed by atoms with Gasteiger partial charge in [-0.2, -0.15) is 0 Å². The molecule has 4 aliphatic carbocycles. The molecule has 1 aromatic heterocycles. The van der Waals surface area contributed by atoms with Crippen LogP contribution in [0.2, 0.25) is 0 Å². The Morgan fingerprint density at radius 1 is 1.20 bits per heavy atom. The lowest BCUT2D eigenvalue weighted by Gasteiger charge is -2.57. The average Bonchev–Trinajstić information content (AvgIpc) is 2.46. The van der Waals surface area contributed by atoms with Crippen molar-refractivity contribution in [3.05, 3.63) is 17.8 Å². The summed E-state index contributed by atoms with van der Waals surface area (Å²) >= 11 is 0. The van der Waals surface area contributed by atoms with Crippen LogP contribution in [0.1, 0.15) is 69.7 Å². The Balaban J connectivity index is 1.51. The van der Waals surface area contributed by atoms with Crippen molar-refractivity contribution in [3.63, 3.8) is 0 Å². The lowest BCUT2D eigenvalue weighted by atomic mass is 9.53. The van der Waals surface area contributed by atoms with Gasteiger partial charge in [-0.05, 0) is 83.1 Å². The molecule has 1 heterocycles. The summed E-state index contributed by atoms with van der Waals surface area (Å²) in [6, 6.07) is 1.68. The van der Waals surface area contributed by atoms with Gasteiger partial charge in [0.05, 0.1) is 11.3 Å². The number of anilines is 2. The maximum atomic E-state index is 12.2. The summed E-state index contributed by atoms with van der Waals surface area (Å²) in [5.74, 6) is 2.92. The normalized spacial score (nSPS) is 33.3. The van der Waals surface area contributed by atoms with Crippen molar-refractivity contribution in [2.24, 2.45) is 17.8 Å². The molecule has 136 valence electrons. The van der Waals surface area contributed by atoms with Crippen molar-refractivity contribution in [1.29, 1.82) is 0 Å². The van der Waals surface area contributed by atoms with Crippen LogP contribution in [0.4, 0.5) is 11.5 Å². The number of carbonyl (C=O) groups is 1. The molecule has 4 aliphatic rings. The van der Waals surface area contributed by atoms with Crippen molar-refractivity contribution in [1.82, 2.24) is 4.98 Å². The molecular weight excluding hydrogens is 314 g/mol. The number of pyridine rings is 1. The van der Waals surface area contributed by atoms with Gasteiger partial charge in [0.25, 0.3) is 0 Å². The number of carbonyl (C=O) groups excluding carboxylic acids is 1. The largest absolute Gasteiger partial charge is 0.456 e. The minimum Gasteiger partial charge on any atom is -0.456 e. The van der Waals surface area contributed by atoms with Gasteiger partial charge in [-0.15, -0.1) is 0 Å². The van der Waals surface area contributed by atoms with E-state index < -0.39 is 5.60 Å². The van der Waals surface area contributed by atoms with E-state index in [1.165, 1.54) is 38.5 Å². The molecule has 0 atom stereocenters. The molecule has 4 saturated carbocycles. The van der Waals surface area contributed by atoms with Gasteiger partial charge in [-0.3, -0.25) is 0 Å². The van der Waals surface area contributed by atoms with Gasteiger partial charge < -0.3 is 15.8 Å². The fraction of sp³-hybridized carbons (Fsp3) is 0.700.